The van der Waals surface area contributed by atoms with Crippen molar-refractivity contribution in [1.29, 1.82) is 0 Å². The molecule has 130 valence electrons. The molecule has 0 aromatic heterocycles. The minimum Gasteiger partial charge on any atom is -0.467 e. The molecule has 1 aromatic carbocycles. The zero-order chi connectivity index (χ0) is 17.9. The van der Waals surface area contributed by atoms with Crippen LogP contribution in [0.3, 0.4) is 0 Å². The molecule has 6 nitrogen and oxygen atoms in total. The molecule has 0 N–H and O–H groups in total. The van der Waals surface area contributed by atoms with Crippen LogP contribution in [0.5, 0.6) is 0 Å². The van der Waals surface area contributed by atoms with E-state index in [0.29, 0.717) is 0 Å². The third kappa shape index (κ3) is 6.42. The summed E-state index contributed by atoms with van der Waals surface area (Å²) in [4.78, 5) is 25.4. The van der Waals surface area contributed by atoms with E-state index in [1.54, 1.807) is 0 Å². The van der Waals surface area contributed by atoms with Gasteiger partial charge in [-0.1, -0.05) is 36.3 Å². The van der Waals surface area contributed by atoms with E-state index in [2.05, 4.69) is 5.92 Å². The fraction of sp³-hybridized carbons (Fsp3) is 0.412. The molecule has 7 heteroatoms. The van der Waals surface area contributed by atoms with Gasteiger partial charge in [-0.05, 0) is 12.0 Å². The number of hydrogen-bond donors (Lipinski definition) is 0. The van der Waals surface area contributed by atoms with Crippen LogP contribution in [0.15, 0.2) is 30.3 Å². The Labute approximate surface area is 144 Å². The van der Waals surface area contributed by atoms with Crippen molar-refractivity contribution in [3.05, 3.63) is 35.9 Å². The Bertz CT molecular complexity index is 611. The molecule has 0 aliphatic rings. The largest absolute Gasteiger partial charge is 0.467 e. The summed E-state index contributed by atoms with van der Waals surface area (Å²) in [5.41, 5.74) is 0.816. The van der Waals surface area contributed by atoms with E-state index < -0.39 is 28.9 Å². The average Bonchev–Trinajstić information content (AvgIpc) is 2.59. The molecule has 0 heterocycles. The second-order valence-electron chi connectivity index (χ2n) is 4.98. The standard InChI is InChI=1S/C17H21NO5S/c1-4-11-18(15(16(19)22-2)10-12-24(3)21)17(20)23-13-14-8-6-5-7-9-14/h1,5-9,15H,10-13H2,2-3H3/t15-,24+/m0/s1. The number of methoxy groups -OCH3 is 1. The number of ether oxygens (including phenoxy) is 2. The van der Waals surface area contributed by atoms with Gasteiger partial charge in [-0.25, -0.2) is 9.59 Å². The maximum absolute atomic E-state index is 12.3. The number of carbonyl (C=O) groups is 2. The minimum atomic E-state index is -1.11. The topological polar surface area (TPSA) is 72.9 Å². The number of terminal acetylenes is 1. The summed E-state index contributed by atoms with van der Waals surface area (Å²) in [6.45, 7) is -0.0436. The van der Waals surface area contributed by atoms with Crippen molar-refractivity contribution in [3.8, 4) is 12.3 Å². The van der Waals surface area contributed by atoms with E-state index in [1.807, 2.05) is 30.3 Å². The first-order valence-corrected chi connectivity index (χ1v) is 9.01. The number of carbonyl (C=O) groups excluding carboxylic acids is 2. The zero-order valence-electron chi connectivity index (χ0n) is 13.8. The normalized spacial score (nSPS) is 12.5. The number of benzene rings is 1. The van der Waals surface area contributed by atoms with Crippen molar-refractivity contribution in [3.63, 3.8) is 0 Å². The molecular formula is C17H21NO5S. The summed E-state index contributed by atoms with van der Waals surface area (Å²) in [7, 11) is 0.114. The van der Waals surface area contributed by atoms with Crippen LogP contribution in [-0.4, -0.2) is 52.9 Å². The van der Waals surface area contributed by atoms with Crippen molar-refractivity contribution in [2.45, 2.75) is 19.1 Å². The van der Waals surface area contributed by atoms with Crippen LogP contribution in [0.2, 0.25) is 0 Å². The zero-order valence-corrected chi connectivity index (χ0v) is 14.6. The highest BCUT2D eigenvalue weighted by atomic mass is 32.2. The van der Waals surface area contributed by atoms with E-state index in [1.165, 1.54) is 13.4 Å². The molecule has 0 radical (unpaired) electrons. The number of esters is 1. The molecule has 0 saturated carbocycles. The third-order valence-electron chi connectivity index (χ3n) is 3.23. The fourth-order valence-corrected chi connectivity index (χ4v) is 2.57. The Balaban J connectivity index is 2.82. The highest BCUT2D eigenvalue weighted by Crippen LogP contribution is 2.11. The lowest BCUT2D eigenvalue weighted by atomic mass is 10.2. The lowest BCUT2D eigenvalue weighted by Gasteiger charge is -2.27. The Kier molecular flexibility index (Phi) is 8.58. The minimum absolute atomic E-state index is 0.0638. The predicted molar refractivity (Wildman–Crippen MR) is 91.5 cm³/mol. The number of hydrogen-bond acceptors (Lipinski definition) is 5. The number of amides is 1. The molecule has 0 aliphatic heterocycles. The second kappa shape index (κ2) is 10.4. The molecule has 1 aromatic rings. The fourth-order valence-electron chi connectivity index (χ4n) is 2.02. The van der Waals surface area contributed by atoms with E-state index in [-0.39, 0.29) is 25.3 Å². The first kappa shape index (κ1) is 19.7. The van der Waals surface area contributed by atoms with Crippen LogP contribution in [0.1, 0.15) is 12.0 Å². The lowest BCUT2D eigenvalue weighted by Crippen LogP contribution is -2.46. The Morgan fingerprint density at radius 1 is 1.33 bits per heavy atom. The molecule has 1 rings (SSSR count). The number of nitrogens with zero attached hydrogens (tertiary/aromatic N) is 1. The summed E-state index contributed by atoms with van der Waals surface area (Å²) >= 11 is 0. The first-order chi connectivity index (χ1) is 11.5. The summed E-state index contributed by atoms with van der Waals surface area (Å²) in [5.74, 6) is 1.96. The van der Waals surface area contributed by atoms with Gasteiger partial charge in [-0.15, -0.1) is 6.42 Å². The quantitative estimate of drug-likeness (QED) is 0.525. The van der Waals surface area contributed by atoms with Crippen molar-refractivity contribution < 1.29 is 23.3 Å². The van der Waals surface area contributed by atoms with Gasteiger partial charge >= 0.3 is 12.1 Å². The van der Waals surface area contributed by atoms with Gasteiger partial charge < -0.3 is 9.47 Å². The maximum atomic E-state index is 12.3. The summed E-state index contributed by atoms with van der Waals surface area (Å²) < 4.78 is 21.3. The molecule has 0 saturated heterocycles. The van der Waals surface area contributed by atoms with E-state index >= 15 is 0 Å². The van der Waals surface area contributed by atoms with Crippen molar-refractivity contribution >= 4 is 22.9 Å². The van der Waals surface area contributed by atoms with Gasteiger partial charge in [0.2, 0.25) is 0 Å². The second-order valence-corrected chi connectivity index (χ2v) is 6.53. The number of rotatable bonds is 8. The molecule has 1 amide bonds. The van der Waals surface area contributed by atoms with Crippen LogP contribution < -0.4 is 0 Å². The van der Waals surface area contributed by atoms with Crippen molar-refractivity contribution in [1.82, 2.24) is 4.90 Å². The highest BCUT2D eigenvalue weighted by molar-refractivity contribution is 7.84. The molecule has 24 heavy (non-hydrogen) atoms. The van der Waals surface area contributed by atoms with Gasteiger partial charge in [0.25, 0.3) is 0 Å². The van der Waals surface area contributed by atoms with Crippen LogP contribution in [0, 0.1) is 12.3 Å². The van der Waals surface area contributed by atoms with Crippen molar-refractivity contribution in [2.24, 2.45) is 0 Å². The molecule has 0 aliphatic carbocycles. The van der Waals surface area contributed by atoms with Crippen molar-refractivity contribution in [2.75, 3.05) is 25.7 Å². The SMILES string of the molecule is C#CCN(C(=O)OCc1ccccc1)[C@@H](CC[S@@](C)=O)C(=O)OC. The summed E-state index contributed by atoms with van der Waals surface area (Å²) in [5, 5.41) is 0. The highest BCUT2D eigenvalue weighted by Gasteiger charge is 2.31. The van der Waals surface area contributed by atoms with Crippen LogP contribution in [-0.2, 0) is 31.7 Å². The van der Waals surface area contributed by atoms with Gasteiger partial charge in [-0.2, -0.15) is 0 Å². The molecule has 0 unspecified atom stereocenters. The Morgan fingerprint density at radius 2 is 2.00 bits per heavy atom. The predicted octanol–water partition coefficient (Wildman–Crippen LogP) is 1.57. The van der Waals surface area contributed by atoms with Gasteiger partial charge in [0.1, 0.15) is 12.6 Å². The Morgan fingerprint density at radius 3 is 2.54 bits per heavy atom. The summed E-state index contributed by atoms with van der Waals surface area (Å²) in [6, 6.07) is 8.21. The first-order valence-electron chi connectivity index (χ1n) is 7.28. The van der Waals surface area contributed by atoms with Crippen LogP contribution >= 0.6 is 0 Å². The molecule has 0 fully saturated rings. The molecule has 2 atom stereocenters. The Hall–Kier alpha value is -2.33. The van der Waals surface area contributed by atoms with Gasteiger partial charge in [0.05, 0.1) is 13.7 Å². The maximum Gasteiger partial charge on any atom is 0.411 e. The van der Waals surface area contributed by atoms with E-state index in [9.17, 15) is 13.8 Å². The van der Waals surface area contributed by atoms with Gasteiger partial charge in [0.15, 0.2) is 0 Å². The summed E-state index contributed by atoms with van der Waals surface area (Å²) in [6.07, 6.45) is 6.28. The third-order valence-corrected chi connectivity index (χ3v) is 4.04. The van der Waals surface area contributed by atoms with Crippen LogP contribution in [0.4, 0.5) is 4.79 Å². The average molecular weight is 351 g/mol. The smallest absolute Gasteiger partial charge is 0.411 e. The molecule has 0 spiro atoms. The van der Waals surface area contributed by atoms with Gasteiger partial charge in [-0.3, -0.25) is 9.11 Å². The van der Waals surface area contributed by atoms with Gasteiger partial charge in [0, 0.05) is 22.8 Å². The van der Waals surface area contributed by atoms with E-state index in [4.69, 9.17) is 15.9 Å². The molecular weight excluding hydrogens is 330 g/mol. The monoisotopic (exact) mass is 351 g/mol. The lowest BCUT2D eigenvalue weighted by molar-refractivity contribution is -0.146. The van der Waals surface area contributed by atoms with E-state index in [0.717, 1.165) is 10.5 Å². The molecule has 0 bridgehead atoms. The van der Waals surface area contributed by atoms with Crippen LogP contribution in [0.25, 0.3) is 0 Å².